The van der Waals surface area contributed by atoms with E-state index in [1.54, 1.807) is 6.20 Å². The summed E-state index contributed by atoms with van der Waals surface area (Å²) < 4.78 is 22.0. The number of H-pyrrole nitrogens is 1. The molecule has 0 amide bonds. The van der Waals surface area contributed by atoms with Crippen LogP contribution in [0.25, 0.3) is 11.0 Å². The van der Waals surface area contributed by atoms with E-state index in [1.165, 1.54) is 6.33 Å². The van der Waals surface area contributed by atoms with Gasteiger partial charge in [-0.2, -0.15) is 5.10 Å². The van der Waals surface area contributed by atoms with Crippen molar-refractivity contribution < 1.29 is 8.42 Å². The normalized spacial score (nSPS) is 18.7. The second-order valence-corrected chi connectivity index (χ2v) is 6.67. The first-order chi connectivity index (χ1) is 8.64. The van der Waals surface area contributed by atoms with Crippen LogP contribution in [-0.4, -0.2) is 46.6 Å². The van der Waals surface area contributed by atoms with Gasteiger partial charge >= 0.3 is 0 Å². The maximum atomic E-state index is 11.0. The van der Waals surface area contributed by atoms with E-state index in [2.05, 4.69) is 25.5 Å². The van der Waals surface area contributed by atoms with Gasteiger partial charge in [0.05, 0.1) is 23.1 Å². The molecule has 0 aliphatic carbocycles. The number of rotatable bonds is 4. The van der Waals surface area contributed by atoms with Gasteiger partial charge in [-0.25, -0.2) is 18.4 Å². The molecule has 3 rings (SSSR count). The number of anilines is 1. The summed E-state index contributed by atoms with van der Waals surface area (Å²) in [4.78, 5) is 8.19. The van der Waals surface area contributed by atoms with Gasteiger partial charge in [0, 0.05) is 6.54 Å². The van der Waals surface area contributed by atoms with Crippen molar-refractivity contribution in [3.05, 3.63) is 12.5 Å². The molecule has 8 heteroatoms. The first kappa shape index (κ1) is 11.4. The van der Waals surface area contributed by atoms with Gasteiger partial charge in [0.1, 0.15) is 12.1 Å². The summed E-state index contributed by atoms with van der Waals surface area (Å²) in [7, 11) is -2.72. The lowest BCUT2D eigenvalue weighted by Gasteiger charge is -2.25. The molecule has 0 radical (unpaired) electrons. The molecule has 1 saturated heterocycles. The number of fused-ring (bicyclic) bond motifs is 1. The Hall–Kier alpha value is -1.70. The molecule has 2 N–H and O–H groups in total. The molecule has 0 bridgehead atoms. The maximum Gasteiger partial charge on any atom is 0.160 e. The highest BCUT2D eigenvalue weighted by Crippen LogP contribution is 2.22. The lowest BCUT2D eigenvalue weighted by Crippen LogP contribution is -2.37. The van der Waals surface area contributed by atoms with Crippen LogP contribution in [0.1, 0.15) is 6.42 Å². The van der Waals surface area contributed by atoms with Crippen LogP contribution in [0.5, 0.6) is 0 Å². The number of hydrogen-bond acceptors (Lipinski definition) is 6. The molecule has 18 heavy (non-hydrogen) atoms. The van der Waals surface area contributed by atoms with Gasteiger partial charge in [-0.3, -0.25) is 5.10 Å². The van der Waals surface area contributed by atoms with E-state index in [4.69, 9.17) is 0 Å². The SMILES string of the molecule is O=S1(=O)CC(CCNc2ncnc3[nH]ncc23)C1. The molecule has 2 aromatic rings. The Kier molecular flexibility index (Phi) is 2.66. The van der Waals surface area contributed by atoms with E-state index in [0.29, 0.717) is 23.7 Å². The van der Waals surface area contributed by atoms with Crippen LogP contribution in [0, 0.1) is 5.92 Å². The molecule has 1 aliphatic heterocycles. The Bertz CT molecular complexity index is 654. The van der Waals surface area contributed by atoms with E-state index in [0.717, 1.165) is 17.6 Å². The Morgan fingerprint density at radius 1 is 1.39 bits per heavy atom. The quantitative estimate of drug-likeness (QED) is 0.820. The lowest BCUT2D eigenvalue weighted by atomic mass is 10.1. The number of nitrogens with zero attached hydrogens (tertiary/aromatic N) is 3. The predicted molar refractivity (Wildman–Crippen MR) is 66.9 cm³/mol. The fourth-order valence-corrected chi connectivity index (χ4v) is 3.81. The van der Waals surface area contributed by atoms with E-state index in [9.17, 15) is 8.42 Å². The average Bonchev–Trinajstić information content (AvgIpc) is 2.75. The molecule has 1 aliphatic rings. The molecule has 0 saturated carbocycles. The minimum Gasteiger partial charge on any atom is -0.369 e. The van der Waals surface area contributed by atoms with Crippen molar-refractivity contribution in [2.45, 2.75) is 6.42 Å². The van der Waals surface area contributed by atoms with Crippen molar-refractivity contribution in [3.63, 3.8) is 0 Å². The molecule has 0 spiro atoms. The van der Waals surface area contributed by atoms with Crippen molar-refractivity contribution in [3.8, 4) is 0 Å². The second kappa shape index (κ2) is 4.20. The summed E-state index contributed by atoms with van der Waals surface area (Å²) in [6.07, 6.45) is 3.98. The number of nitrogens with one attached hydrogen (secondary N) is 2. The maximum absolute atomic E-state index is 11.0. The Labute approximate surface area is 104 Å². The Morgan fingerprint density at radius 2 is 2.22 bits per heavy atom. The summed E-state index contributed by atoms with van der Waals surface area (Å²) in [6.45, 7) is 0.706. The molecule has 0 aromatic carbocycles. The summed E-state index contributed by atoms with van der Waals surface area (Å²) in [5.74, 6) is 1.65. The smallest absolute Gasteiger partial charge is 0.160 e. The fraction of sp³-hybridized carbons (Fsp3) is 0.500. The van der Waals surface area contributed by atoms with Gasteiger partial charge in [-0.15, -0.1) is 0 Å². The standard InChI is InChI=1S/C10H13N5O2S/c16-18(17)4-7(5-18)1-2-11-9-8-3-14-15-10(8)13-6-12-9/h3,6-7H,1-2,4-5H2,(H2,11,12,13,14,15). The van der Waals surface area contributed by atoms with Crippen molar-refractivity contribution in [1.82, 2.24) is 20.2 Å². The van der Waals surface area contributed by atoms with E-state index >= 15 is 0 Å². The molecule has 3 heterocycles. The number of aromatic nitrogens is 4. The molecule has 96 valence electrons. The second-order valence-electron chi connectivity index (χ2n) is 4.51. The third-order valence-corrected chi connectivity index (χ3v) is 5.03. The summed E-state index contributed by atoms with van der Waals surface area (Å²) in [5, 5.41) is 10.7. The van der Waals surface area contributed by atoms with Crippen LogP contribution >= 0.6 is 0 Å². The minimum atomic E-state index is -2.72. The molecular formula is C10H13N5O2S. The lowest BCUT2D eigenvalue weighted by molar-refractivity contribution is 0.506. The molecule has 1 fully saturated rings. The van der Waals surface area contributed by atoms with Crippen LogP contribution < -0.4 is 5.32 Å². The highest BCUT2D eigenvalue weighted by atomic mass is 32.2. The summed E-state index contributed by atoms with van der Waals surface area (Å²) in [5.41, 5.74) is 0.693. The molecule has 0 atom stereocenters. The number of hydrogen-bond donors (Lipinski definition) is 2. The van der Waals surface area contributed by atoms with Crippen molar-refractivity contribution in [1.29, 1.82) is 0 Å². The van der Waals surface area contributed by atoms with Crippen LogP contribution in [-0.2, 0) is 9.84 Å². The van der Waals surface area contributed by atoms with Gasteiger partial charge < -0.3 is 5.32 Å². The van der Waals surface area contributed by atoms with Crippen molar-refractivity contribution in [2.75, 3.05) is 23.4 Å². The van der Waals surface area contributed by atoms with Gasteiger partial charge in [-0.05, 0) is 12.3 Å². The highest BCUT2D eigenvalue weighted by Gasteiger charge is 2.32. The van der Waals surface area contributed by atoms with E-state index in [1.807, 2.05) is 0 Å². The topological polar surface area (TPSA) is 101 Å². The number of aromatic amines is 1. The zero-order valence-electron chi connectivity index (χ0n) is 9.63. The van der Waals surface area contributed by atoms with Gasteiger partial charge in [-0.1, -0.05) is 0 Å². The van der Waals surface area contributed by atoms with Gasteiger partial charge in [0.25, 0.3) is 0 Å². The molecule has 7 nitrogen and oxygen atoms in total. The number of sulfone groups is 1. The minimum absolute atomic E-state index is 0.282. The first-order valence-corrected chi connectivity index (χ1v) is 7.54. The van der Waals surface area contributed by atoms with Crippen molar-refractivity contribution >= 4 is 26.7 Å². The van der Waals surface area contributed by atoms with Crippen LogP contribution in [0.15, 0.2) is 12.5 Å². The fourth-order valence-electron chi connectivity index (χ4n) is 2.14. The third kappa shape index (κ3) is 2.15. The van der Waals surface area contributed by atoms with E-state index in [-0.39, 0.29) is 5.92 Å². The summed E-state index contributed by atoms with van der Waals surface area (Å²) >= 11 is 0. The molecular weight excluding hydrogens is 254 g/mol. The molecule has 2 aromatic heterocycles. The monoisotopic (exact) mass is 267 g/mol. The van der Waals surface area contributed by atoms with Gasteiger partial charge in [0.15, 0.2) is 15.5 Å². The first-order valence-electron chi connectivity index (χ1n) is 5.72. The Morgan fingerprint density at radius 3 is 3.00 bits per heavy atom. The average molecular weight is 267 g/mol. The zero-order chi connectivity index (χ0) is 12.6. The van der Waals surface area contributed by atoms with Gasteiger partial charge in [0.2, 0.25) is 0 Å². The van der Waals surface area contributed by atoms with Crippen LogP contribution in [0.3, 0.4) is 0 Å². The zero-order valence-corrected chi connectivity index (χ0v) is 10.4. The highest BCUT2D eigenvalue weighted by molar-refractivity contribution is 7.92. The predicted octanol–water partition coefficient (Wildman–Crippen LogP) is 0.199. The third-order valence-electron chi connectivity index (χ3n) is 3.07. The van der Waals surface area contributed by atoms with Crippen LogP contribution in [0.2, 0.25) is 0 Å². The molecule has 0 unspecified atom stereocenters. The van der Waals surface area contributed by atoms with Crippen molar-refractivity contribution in [2.24, 2.45) is 5.92 Å². The Balaban J connectivity index is 1.59. The largest absolute Gasteiger partial charge is 0.369 e. The van der Waals surface area contributed by atoms with Crippen LogP contribution in [0.4, 0.5) is 5.82 Å². The summed E-state index contributed by atoms with van der Waals surface area (Å²) in [6, 6.07) is 0. The van der Waals surface area contributed by atoms with E-state index < -0.39 is 9.84 Å².